The molecule has 0 fully saturated rings. The zero-order valence-electron chi connectivity index (χ0n) is 9.45. The maximum absolute atomic E-state index is 12.9. The smallest absolute Gasteiger partial charge is 0.176 e. The van der Waals surface area contributed by atoms with E-state index in [0.717, 1.165) is 12.1 Å². The van der Waals surface area contributed by atoms with E-state index in [9.17, 15) is 13.6 Å². The van der Waals surface area contributed by atoms with Gasteiger partial charge in [0.05, 0.1) is 19.4 Å². The molecule has 1 aromatic heterocycles. The summed E-state index contributed by atoms with van der Waals surface area (Å²) >= 11 is 0. The first-order chi connectivity index (χ1) is 8.66. The summed E-state index contributed by atoms with van der Waals surface area (Å²) in [5.41, 5.74) is 0.140. The number of ketones is 1. The first kappa shape index (κ1) is 12.4. The number of carbonyl (C=O) groups excluding carboxylic acids is 1. The van der Waals surface area contributed by atoms with Gasteiger partial charge in [0.1, 0.15) is 5.76 Å². The Labute approximate surface area is 102 Å². The molecule has 94 valence electrons. The quantitative estimate of drug-likeness (QED) is 0.830. The Balaban J connectivity index is 1.89. The van der Waals surface area contributed by atoms with Crippen LogP contribution in [0.3, 0.4) is 0 Å². The number of Topliss-reactive ketones (excluding diaryl/α,β-unsaturated/α-hetero) is 1. The molecule has 0 radical (unpaired) electrons. The van der Waals surface area contributed by atoms with E-state index in [4.69, 9.17) is 4.42 Å². The largest absolute Gasteiger partial charge is 0.468 e. The molecule has 0 spiro atoms. The topological polar surface area (TPSA) is 42.2 Å². The second-order valence-corrected chi connectivity index (χ2v) is 3.73. The van der Waals surface area contributed by atoms with Gasteiger partial charge >= 0.3 is 0 Å². The van der Waals surface area contributed by atoms with Crippen LogP contribution in [0.25, 0.3) is 0 Å². The van der Waals surface area contributed by atoms with Gasteiger partial charge in [0.2, 0.25) is 0 Å². The monoisotopic (exact) mass is 251 g/mol. The van der Waals surface area contributed by atoms with Crippen LogP contribution in [0.15, 0.2) is 41.0 Å². The molecule has 1 N–H and O–H groups in total. The Morgan fingerprint density at radius 3 is 2.72 bits per heavy atom. The molecular formula is C13H11F2NO2. The molecule has 0 amide bonds. The third-order valence-corrected chi connectivity index (χ3v) is 2.41. The Morgan fingerprint density at radius 2 is 2.06 bits per heavy atom. The van der Waals surface area contributed by atoms with Crippen molar-refractivity contribution in [3.8, 4) is 0 Å². The molecule has 1 aromatic carbocycles. The van der Waals surface area contributed by atoms with Gasteiger partial charge in [-0.1, -0.05) is 0 Å². The van der Waals surface area contributed by atoms with Crippen molar-refractivity contribution < 1.29 is 18.0 Å². The average molecular weight is 251 g/mol. The lowest BCUT2D eigenvalue weighted by molar-refractivity contribution is 0.0989. The molecule has 0 bridgehead atoms. The van der Waals surface area contributed by atoms with Crippen LogP contribution < -0.4 is 5.32 Å². The van der Waals surface area contributed by atoms with Crippen molar-refractivity contribution in [3.05, 3.63) is 59.6 Å². The van der Waals surface area contributed by atoms with E-state index in [2.05, 4.69) is 5.32 Å². The lowest BCUT2D eigenvalue weighted by Crippen LogP contribution is -2.22. The Hall–Kier alpha value is -2.01. The summed E-state index contributed by atoms with van der Waals surface area (Å²) in [5.74, 6) is -1.59. The molecule has 0 saturated carbocycles. The number of hydrogen-bond acceptors (Lipinski definition) is 3. The predicted octanol–water partition coefficient (Wildman–Crippen LogP) is 2.53. The van der Waals surface area contributed by atoms with E-state index in [0.29, 0.717) is 12.3 Å². The molecule has 0 atom stereocenters. The Bertz CT molecular complexity index is 538. The van der Waals surface area contributed by atoms with Crippen molar-refractivity contribution >= 4 is 5.78 Å². The highest BCUT2D eigenvalue weighted by molar-refractivity contribution is 5.97. The summed E-state index contributed by atoms with van der Waals surface area (Å²) < 4.78 is 30.7. The van der Waals surface area contributed by atoms with E-state index in [1.807, 2.05) is 0 Å². The highest BCUT2D eigenvalue weighted by atomic mass is 19.2. The summed E-state index contributed by atoms with van der Waals surface area (Å²) in [5, 5.41) is 2.86. The molecule has 0 unspecified atom stereocenters. The van der Waals surface area contributed by atoms with Gasteiger partial charge in [-0.25, -0.2) is 8.78 Å². The van der Waals surface area contributed by atoms with Gasteiger partial charge in [0, 0.05) is 5.56 Å². The Morgan fingerprint density at radius 1 is 1.22 bits per heavy atom. The molecular weight excluding hydrogens is 240 g/mol. The summed E-state index contributed by atoms with van der Waals surface area (Å²) in [6.07, 6.45) is 1.54. The molecule has 3 nitrogen and oxygen atoms in total. The number of halogens is 2. The molecule has 5 heteroatoms. The van der Waals surface area contributed by atoms with Crippen LogP contribution in [0.2, 0.25) is 0 Å². The first-order valence-corrected chi connectivity index (χ1v) is 5.38. The molecule has 2 aromatic rings. The summed E-state index contributed by atoms with van der Waals surface area (Å²) in [6, 6.07) is 6.61. The van der Waals surface area contributed by atoms with E-state index in [-0.39, 0.29) is 17.9 Å². The van der Waals surface area contributed by atoms with Gasteiger partial charge in [-0.15, -0.1) is 0 Å². The number of nitrogens with one attached hydrogen (secondary N) is 1. The predicted molar refractivity (Wildman–Crippen MR) is 61.1 cm³/mol. The Kier molecular flexibility index (Phi) is 3.84. The fourth-order valence-electron chi connectivity index (χ4n) is 1.48. The highest BCUT2D eigenvalue weighted by Crippen LogP contribution is 2.09. The fraction of sp³-hybridized carbons (Fsp3) is 0.154. The van der Waals surface area contributed by atoms with Gasteiger partial charge in [-0.05, 0) is 30.3 Å². The minimum absolute atomic E-state index is 0.0335. The van der Waals surface area contributed by atoms with Gasteiger partial charge in [0.25, 0.3) is 0 Å². The molecule has 0 aliphatic heterocycles. The zero-order chi connectivity index (χ0) is 13.0. The van der Waals surface area contributed by atoms with Crippen molar-refractivity contribution in [2.24, 2.45) is 0 Å². The van der Waals surface area contributed by atoms with Crippen molar-refractivity contribution in [2.45, 2.75) is 6.54 Å². The average Bonchev–Trinajstić information content (AvgIpc) is 2.85. The second kappa shape index (κ2) is 5.55. The summed E-state index contributed by atoms with van der Waals surface area (Å²) in [4.78, 5) is 11.7. The number of benzene rings is 1. The van der Waals surface area contributed by atoms with Crippen LogP contribution in [0.1, 0.15) is 16.1 Å². The maximum Gasteiger partial charge on any atom is 0.176 e. The van der Waals surface area contributed by atoms with E-state index >= 15 is 0 Å². The van der Waals surface area contributed by atoms with Gasteiger partial charge < -0.3 is 9.73 Å². The van der Waals surface area contributed by atoms with Crippen LogP contribution >= 0.6 is 0 Å². The maximum atomic E-state index is 12.9. The van der Waals surface area contributed by atoms with Crippen molar-refractivity contribution in [1.82, 2.24) is 5.32 Å². The number of furan rings is 1. The number of rotatable bonds is 5. The van der Waals surface area contributed by atoms with E-state index in [1.165, 1.54) is 12.3 Å². The van der Waals surface area contributed by atoms with Crippen LogP contribution in [0.5, 0.6) is 0 Å². The number of carbonyl (C=O) groups is 1. The van der Waals surface area contributed by atoms with Crippen LogP contribution in [-0.4, -0.2) is 12.3 Å². The third kappa shape index (κ3) is 3.01. The third-order valence-electron chi connectivity index (χ3n) is 2.41. The first-order valence-electron chi connectivity index (χ1n) is 5.38. The zero-order valence-corrected chi connectivity index (χ0v) is 9.45. The summed E-state index contributed by atoms with van der Waals surface area (Å²) in [7, 11) is 0. The van der Waals surface area contributed by atoms with E-state index < -0.39 is 11.6 Å². The van der Waals surface area contributed by atoms with Crippen molar-refractivity contribution in [3.63, 3.8) is 0 Å². The molecule has 0 saturated heterocycles. The summed E-state index contributed by atoms with van der Waals surface area (Å²) in [6.45, 7) is 0.439. The fourth-order valence-corrected chi connectivity index (χ4v) is 1.48. The molecule has 0 aliphatic carbocycles. The van der Waals surface area contributed by atoms with Crippen LogP contribution in [0.4, 0.5) is 8.78 Å². The minimum Gasteiger partial charge on any atom is -0.468 e. The number of hydrogen-bond donors (Lipinski definition) is 1. The second-order valence-electron chi connectivity index (χ2n) is 3.73. The van der Waals surface area contributed by atoms with Crippen molar-refractivity contribution in [2.75, 3.05) is 6.54 Å². The van der Waals surface area contributed by atoms with Gasteiger partial charge in [-0.2, -0.15) is 0 Å². The van der Waals surface area contributed by atoms with Crippen LogP contribution in [-0.2, 0) is 6.54 Å². The SMILES string of the molecule is O=C(CNCc1ccco1)c1ccc(F)c(F)c1. The lowest BCUT2D eigenvalue weighted by Gasteiger charge is -2.03. The standard InChI is InChI=1S/C13H11F2NO2/c14-11-4-3-9(6-12(11)15)13(17)8-16-7-10-2-1-5-18-10/h1-6,16H,7-8H2. The van der Waals surface area contributed by atoms with Crippen molar-refractivity contribution in [1.29, 1.82) is 0 Å². The highest BCUT2D eigenvalue weighted by Gasteiger charge is 2.09. The molecule has 1 heterocycles. The minimum atomic E-state index is -1.02. The lowest BCUT2D eigenvalue weighted by atomic mass is 10.1. The normalized spacial score (nSPS) is 10.6. The van der Waals surface area contributed by atoms with Crippen LogP contribution in [0, 0.1) is 11.6 Å². The molecule has 18 heavy (non-hydrogen) atoms. The molecule has 2 rings (SSSR count). The van der Waals surface area contributed by atoms with Gasteiger partial charge in [-0.3, -0.25) is 4.79 Å². The van der Waals surface area contributed by atoms with Gasteiger partial charge in [0.15, 0.2) is 17.4 Å². The molecule has 0 aliphatic rings. The van der Waals surface area contributed by atoms with E-state index in [1.54, 1.807) is 12.1 Å².